The van der Waals surface area contributed by atoms with Crippen LogP contribution in [0.15, 0.2) is 30.6 Å². The molecular formula is C28H38N6O2. The number of fused-ring (bicyclic) bond motifs is 2. The van der Waals surface area contributed by atoms with E-state index in [-0.39, 0.29) is 12.1 Å². The minimum Gasteiger partial charge on any atom is -0.393 e. The Hall–Kier alpha value is -2.71. The number of pyridine rings is 1. The van der Waals surface area contributed by atoms with Crippen LogP contribution in [0.4, 0.5) is 11.8 Å². The fourth-order valence-electron chi connectivity index (χ4n) is 6.67. The lowest BCUT2D eigenvalue weighted by molar-refractivity contribution is 0.121. The molecule has 192 valence electrons. The molecule has 0 radical (unpaired) electrons. The van der Waals surface area contributed by atoms with Crippen LogP contribution in [0.5, 0.6) is 0 Å². The Morgan fingerprint density at radius 1 is 1.08 bits per heavy atom. The first kappa shape index (κ1) is 23.7. The summed E-state index contributed by atoms with van der Waals surface area (Å²) in [4.78, 5) is 11.9. The van der Waals surface area contributed by atoms with Crippen LogP contribution in [0.1, 0.15) is 63.5 Å². The molecule has 3 atom stereocenters. The topological polar surface area (TPSA) is 87.8 Å². The van der Waals surface area contributed by atoms with E-state index in [2.05, 4.69) is 44.8 Å². The standard InChI is InChI=1S/C28H38N6O2/c1-18(17-36-2)31-28-30-14-26-24(13-25(34(26)32-28)19-6-8-23(35)9-7-19)20-10-11-29-27(12-20)33-15-21-4-3-5-22(21)16-33/h10-14,18-19,21-23,35H,3-9,15-17H2,1-2H3,(H,31,32)/t18-,19?,21-,22+,23?/m0/s1. The number of aliphatic hydroxyl groups excluding tert-OH is 1. The number of anilines is 2. The summed E-state index contributed by atoms with van der Waals surface area (Å²) in [5.74, 6) is 3.72. The number of ether oxygens (including phenoxy) is 1. The average Bonchev–Trinajstić information content (AvgIpc) is 3.58. The number of nitrogens with one attached hydrogen (secondary N) is 1. The van der Waals surface area contributed by atoms with E-state index in [9.17, 15) is 5.11 Å². The van der Waals surface area contributed by atoms with Gasteiger partial charge in [0.1, 0.15) is 5.82 Å². The molecule has 0 amide bonds. The Labute approximate surface area is 213 Å². The van der Waals surface area contributed by atoms with Gasteiger partial charge in [0.2, 0.25) is 5.95 Å². The van der Waals surface area contributed by atoms with Gasteiger partial charge in [-0.2, -0.15) is 0 Å². The molecule has 0 aromatic carbocycles. The van der Waals surface area contributed by atoms with Gasteiger partial charge in [-0.15, -0.1) is 5.10 Å². The second kappa shape index (κ2) is 9.98. The molecule has 3 aliphatic rings. The predicted octanol–water partition coefficient (Wildman–Crippen LogP) is 4.49. The Balaban J connectivity index is 1.36. The van der Waals surface area contributed by atoms with Crippen molar-refractivity contribution in [1.29, 1.82) is 0 Å². The molecule has 2 N–H and O–H groups in total. The molecule has 3 aromatic rings. The summed E-state index contributed by atoms with van der Waals surface area (Å²) in [6.07, 6.45) is 11.4. The lowest BCUT2D eigenvalue weighted by Crippen LogP contribution is -2.23. The van der Waals surface area contributed by atoms with Crippen molar-refractivity contribution in [3.8, 4) is 11.1 Å². The van der Waals surface area contributed by atoms with Crippen LogP contribution in [0.2, 0.25) is 0 Å². The second-order valence-electron chi connectivity index (χ2n) is 11.1. The van der Waals surface area contributed by atoms with Crippen molar-refractivity contribution in [2.24, 2.45) is 11.8 Å². The van der Waals surface area contributed by atoms with Gasteiger partial charge >= 0.3 is 0 Å². The number of rotatable bonds is 7. The van der Waals surface area contributed by atoms with Gasteiger partial charge in [0.05, 0.1) is 24.4 Å². The van der Waals surface area contributed by atoms with Gasteiger partial charge in [-0.25, -0.2) is 14.5 Å². The molecule has 0 spiro atoms. The molecule has 2 saturated carbocycles. The van der Waals surface area contributed by atoms with E-state index in [1.54, 1.807) is 7.11 Å². The number of hydrogen-bond donors (Lipinski definition) is 2. The Morgan fingerprint density at radius 2 is 1.86 bits per heavy atom. The molecule has 0 bridgehead atoms. The highest BCUT2D eigenvalue weighted by Crippen LogP contribution is 2.41. The van der Waals surface area contributed by atoms with Crippen LogP contribution >= 0.6 is 0 Å². The quantitative estimate of drug-likeness (QED) is 0.504. The van der Waals surface area contributed by atoms with E-state index in [0.29, 0.717) is 18.5 Å². The molecule has 36 heavy (non-hydrogen) atoms. The van der Waals surface area contributed by atoms with E-state index in [0.717, 1.165) is 73.1 Å². The zero-order valence-electron chi connectivity index (χ0n) is 21.4. The van der Waals surface area contributed by atoms with E-state index < -0.39 is 0 Å². The molecule has 0 unspecified atom stereocenters. The third kappa shape index (κ3) is 4.57. The van der Waals surface area contributed by atoms with Crippen LogP contribution in [0.3, 0.4) is 0 Å². The average molecular weight is 491 g/mol. The minimum absolute atomic E-state index is 0.110. The smallest absolute Gasteiger partial charge is 0.241 e. The minimum atomic E-state index is -0.184. The summed E-state index contributed by atoms with van der Waals surface area (Å²) < 4.78 is 7.35. The van der Waals surface area contributed by atoms with Gasteiger partial charge in [0.25, 0.3) is 0 Å². The Morgan fingerprint density at radius 3 is 2.61 bits per heavy atom. The Bertz CT molecular complexity index is 1190. The summed E-state index contributed by atoms with van der Waals surface area (Å²) in [5, 5.41) is 18.4. The SMILES string of the molecule is COC[C@H](C)Nc1ncc2c(-c3ccnc(N4C[C@H]5CCC[C@H]5C4)c3)cc(C3CCC(O)CC3)n2n1. The van der Waals surface area contributed by atoms with Gasteiger partial charge in [-0.3, -0.25) is 0 Å². The summed E-state index contributed by atoms with van der Waals surface area (Å²) in [5.41, 5.74) is 4.52. The zero-order valence-corrected chi connectivity index (χ0v) is 21.4. The number of aromatic nitrogens is 4. The van der Waals surface area contributed by atoms with Crippen molar-refractivity contribution in [1.82, 2.24) is 19.6 Å². The molecule has 8 heteroatoms. The first-order chi connectivity index (χ1) is 17.6. The molecule has 4 heterocycles. The normalized spacial score (nSPS) is 26.9. The number of aliphatic hydroxyl groups is 1. The van der Waals surface area contributed by atoms with Crippen LogP contribution in [-0.2, 0) is 4.74 Å². The van der Waals surface area contributed by atoms with E-state index in [1.165, 1.54) is 25.0 Å². The lowest BCUT2D eigenvalue weighted by atomic mass is 9.85. The maximum absolute atomic E-state index is 10.1. The fourth-order valence-corrected chi connectivity index (χ4v) is 6.67. The molecular weight excluding hydrogens is 452 g/mol. The van der Waals surface area contributed by atoms with Gasteiger partial charge in [0, 0.05) is 49.6 Å². The van der Waals surface area contributed by atoms with Gasteiger partial charge < -0.3 is 20.1 Å². The molecule has 3 aromatic heterocycles. The van der Waals surface area contributed by atoms with Crippen LogP contribution in [0, 0.1) is 11.8 Å². The van der Waals surface area contributed by atoms with Crippen molar-refractivity contribution in [2.75, 3.05) is 37.0 Å². The second-order valence-corrected chi connectivity index (χ2v) is 11.1. The van der Waals surface area contributed by atoms with Crippen LogP contribution in [-0.4, -0.2) is 63.6 Å². The summed E-state index contributed by atoms with van der Waals surface area (Å²) in [6.45, 7) is 4.91. The lowest BCUT2D eigenvalue weighted by Gasteiger charge is -2.25. The molecule has 3 fully saturated rings. The van der Waals surface area contributed by atoms with Gasteiger partial charge in [-0.1, -0.05) is 6.42 Å². The first-order valence-electron chi connectivity index (χ1n) is 13.6. The zero-order chi connectivity index (χ0) is 24.6. The maximum atomic E-state index is 10.1. The van der Waals surface area contributed by atoms with Gasteiger partial charge in [-0.05, 0) is 81.0 Å². The van der Waals surface area contributed by atoms with Crippen LogP contribution in [0.25, 0.3) is 16.6 Å². The summed E-state index contributed by atoms with van der Waals surface area (Å²) in [7, 11) is 1.70. The van der Waals surface area contributed by atoms with Gasteiger partial charge in [0.15, 0.2) is 0 Å². The predicted molar refractivity (Wildman–Crippen MR) is 141 cm³/mol. The highest BCUT2D eigenvalue weighted by Gasteiger charge is 2.36. The largest absolute Gasteiger partial charge is 0.393 e. The maximum Gasteiger partial charge on any atom is 0.241 e. The van der Waals surface area contributed by atoms with E-state index >= 15 is 0 Å². The highest BCUT2D eigenvalue weighted by atomic mass is 16.5. The van der Waals surface area contributed by atoms with Crippen molar-refractivity contribution in [2.45, 2.75) is 69.9 Å². The summed E-state index contributed by atoms with van der Waals surface area (Å²) >= 11 is 0. The molecule has 2 aliphatic carbocycles. The third-order valence-electron chi connectivity index (χ3n) is 8.56. The molecule has 1 aliphatic heterocycles. The monoisotopic (exact) mass is 490 g/mol. The van der Waals surface area contributed by atoms with E-state index in [4.69, 9.17) is 14.8 Å². The van der Waals surface area contributed by atoms with Crippen molar-refractivity contribution >= 4 is 17.3 Å². The van der Waals surface area contributed by atoms with Crippen molar-refractivity contribution < 1.29 is 9.84 Å². The van der Waals surface area contributed by atoms with Crippen molar-refractivity contribution in [3.63, 3.8) is 0 Å². The number of nitrogens with zero attached hydrogens (tertiary/aromatic N) is 5. The third-order valence-corrected chi connectivity index (χ3v) is 8.56. The van der Waals surface area contributed by atoms with Crippen molar-refractivity contribution in [3.05, 3.63) is 36.3 Å². The first-order valence-corrected chi connectivity index (χ1v) is 13.6. The highest BCUT2D eigenvalue weighted by molar-refractivity contribution is 5.82. The number of methoxy groups -OCH3 is 1. The van der Waals surface area contributed by atoms with E-state index in [1.807, 2.05) is 12.4 Å². The summed E-state index contributed by atoms with van der Waals surface area (Å²) in [6, 6.07) is 6.76. The Kier molecular flexibility index (Phi) is 6.56. The fraction of sp³-hybridized carbons (Fsp3) is 0.607. The molecule has 8 nitrogen and oxygen atoms in total. The molecule has 6 rings (SSSR count). The number of hydrogen-bond acceptors (Lipinski definition) is 7. The molecule has 1 saturated heterocycles. The van der Waals surface area contributed by atoms with Crippen LogP contribution < -0.4 is 10.2 Å².